The number of benzene rings is 3. The van der Waals surface area contributed by atoms with Crippen molar-refractivity contribution < 1.29 is 19.4 Å². The highest BCUT2D eigenvalue weighted by Crippen LogP contribution is 2.30. The third kappa shape index (κ3) is 5.11. The highest BCUT2D eigenvalue weighted by molar-refractivity contribution is 6.30. The summed E-state index contributed by atoms with van der Waals surface area (Å²) in [5.41, 5.74) is 2.13. The van der Waals surface area contributed by atoms with E-state index in [0.717, 1.165) is 48.3 Å². The van der Waals surface area contributed by atoms with Crippen molar-refractivity contribution in [2.24, 2.45) is 0 Å². The van der Waals surface area contributed by atoms with Gasteiger partial charge in [-0.3, -0.25) is 24.3 Å². The second-order valence-electron chi connectivity index (χ2n) is 9.49. The highest BCUT2D eigenvalue weighted by Gasteiger charge is 2.33. The van der Waals surface area contributed by atoms with Crippen molar-refractivity contribution in [2.75, 3.05) is 52.4 Å². The molecule has 188 valence electrons. The molecule has 3 aromatic rings. The van der Waals surface area contributed by atoms with Crippen LogP contribution in [0.2, 0.25) is 5.02 Å². The molecule has 0 aromatic heterocycles. The summed E-state index contributed by atoms with van der Waals surface area (Å²) >= 11 is 5.99. The van der Waals surface area contributed by atoms with Crippen LogP contribution < -0.4 is 4.74 Å². The lowest BCUT2D eigenvalue weighted by Gasteiger charge is -2.36. The summed E-state index contributed by atoms with van der Waals surface area (Å²) in [5, 5.41) is 12.8. The molecule has 0 bridgehead atoms. The van der Waals surface area contributed by atoms with Gasteiger partial charge in [0.05, 0.1) is 0 Å². The minimum atomic E-state index is -0.599. The molecule has 36 heavy (non-hydrogen) atoms. The van der Waals surface area contributed by atoms with E-state index in [2.05, 4.69) is 9.80 Å². The van der Waals surface area contributed by atoms with Crippen molar-refractivity contribution in [1.82, 2.24) is 14.7 Å². The Hall–Kier alpha value is -2.97. The Bertz CT molecular complexity index is 1240. The number of β-amino-alcohol motifs (C(OH)–C–C–N with tert-alkyl or cyclic N) is 1. The average molecular weight is 508 g/mol. The third-order valence-corrected chi connectivity index (χ3v) is 7.23. The fourth-order valence-electron chi connectivity index (χ4n) is 5.03. The van der Waals surface area contributed by atoms with E-state index in [9.17, 15) is 14.7 Å². The SMILES string of the molecule is Cc1cc(Cl)ccc1OC[C@H](O)CN1CCN(CCN2C(=O)c3cccc4cccc(c34)C2=O)CC1. The Balaban J connectivity index is 1.10. The number of hydrogen-bond acceptors (Lipinski definition) is 6. The summed E-state index contributed by atoms with van der Waals surface area (Å²) in [4.78, 5) is 32.0. The molecule has 2 aliphatic heterocycles. The number of aliphatic hydroxyl groups excluding tert-OH is 1. The molecule has 8 heteroatoms. The van der Waals surface area contributed by atoms with Crippen LogP contribution in [-0.4, -0.2) is 90.1 Å². The number of amides is 2. The first-order valence-corrected chi connectivity index (χ1v) is 12.7. The van der Waals surface area contributed by atoms with E-state index < -0.39 is 6.10 Å². The predicted octanol–water partition coefficient (Wildman–Crippen LogP) is 3.46. The number of nitrogens with zero attached hydrogens (tertiary/aromatic N) is 3. The van der Waals surface area contributed by atoms with E-state index in [1.807, 2.05) is 43.3 Å². The number of aliphatic hydroxyl groups is 1. The highest BCUT2D eigenvalue weighted by atomic mass is 35.5. The first kappa shape index (κ1) is 24.7. The monoisotopic (exact) mass is 507 g/mol. The van der Waals surface area contributed by atoms with E-state index >= 15 is 0 Å². The molecule has 0 unspecified atom stereocenters. The van der Waals surface area contributed by atoms with Gasteiger partial charge in [-0.05, 0) is 48.2 Å². The number of rotatable bonds is 8. The maximum atomic E-state index is 13.1. The van der Waals surface area contributed by atoms with Gasteiger partial charge in [-0.1, -0.05) is 35.9 Å². The second kappa shape index (κ2) is 10.6. The lowest BCUT2D eigenvalue weighted by molar-refractivity contribution is 0.0415. The number of halogens is 1. The zero-order valence-electron chi connectivity index (χ0n) is 20.3. The third-order valence-electron chi connectivity index (χ3n) is 7.00. The van der Waals surface area contributed by atoms with E-state index in [1.165, 1.54) is 4.90 Å². The van der Waals surface area contributed by atoms with Crippen LogP contribution >= 0.6 is 11.6 Å². The summed E-state index contributed by atoms with van der Waals surface area (Å²) in [6.07, 6.45) is -0.599. The van der Waals surface area contributed by atoms with Crippen LogP contribution in [0.1, 0.15) is 26.3 Å². The summed E-state index contributed by atoms with van der Waals surface area (Å²) < 4.78 is 5.77. The van der Waals surface area contributed by atoms with Gasteiger partial charge in [0, 0.05) is 67.3 Å². The lowest BCUT2D eigenvalue weighted by Crippen LogP contribution is -2.51. The Morgan fingerprint density at radius 2 is 1.56 bits per heavy atom. The van der Waals surface area contributed by atoms with Crippen molar-refractivity contribution in [3.63, 3.8) is 0 Å². The molecule has 0 radical (unpaired) electrons. The van der Waals surface area contributed by atoms with Crippen molar-refractivity contribution in [1.29, 1.82) is 0 Å². The molecule has 5 rings (SSSR count). The molecular weight excluding hydrogens is 478 g/mol. The predicted molar refractivity (Wildman–Crippen MR) is 140 cm³/mol. The minimum Gasteiger partial charge on any atom is -0.491 e. The Labute approximate surface area is 215 Å². The second-order valence-corrected chi connectivity index (χ2v) is 9.92. The molecule has 7 nitrogen and oxygen atoms in total. The normalized spacial score (nSPS) is 17.6. The molecular formula is C28H30ClN3O4. The van der Waals surface area contributed by atoms with Crippen LogP contribution in [0.15, 0.2) is 54.6 Å². The number of hydrogen-bond donors (Lipinski definition) is 1. The summed E-state index contributed by atoms with van der Waals surface area (Å²) in [5.74, 6) is 0.285. The molecule has 2 aliphatic rings. The minimum absolute atomic E-state index is 0.218. The van der Waals surface area contributed by atoms with Gasteiger partial charge in [-0.2, -0.15) is 0 Å². The van der Waals surface area contributed by atoms with Crippen LogP contribution in [-0.2, 0) is 0 Å². The van der Waals surface area contributed by atoms with Crippen molar-refractivity contribution in [3.8, 4) is 5.75 Å². The zero-order chi connectivity index (χ0) is 25.2. The van der Waals surface area contributed by atoms with Crippen LogP contribution in [0.4, 0.5) is 0 Å². The molecule has 2 amide bonds. The molecule has 3 aromatic carbocycles. The zero-order valence-corrected chi connectivity index (χ0v) is 21.1. The molecule has 1 atom stereocenters. The largest absolute Gasteiger partial charge is 0.491 e. The van der Waals surface area contributed by atoms with Crippen LogP contribution in [0.25, 0.3) is 10.8 Å². The van der Waals surface area contributed by atoms with Gasteiger partial charge in [-0.25, -0.2) is 0 Å². The van der Waals surface area contributed by atoms with Gasteiger partial charge < -0.3 is 9.84 Å². The maximum Gasteiger partial charge on any atom is 0.261 e. The maximum absolute atomic E-state index is 13.1. The van der Waals surface area contributed by atoms with Gasteiger partial charge in [0.1, 0.15) is 18.5 Å². The van der Waals surface area contributed by atoms with Crippen molar-refractivity contribution in [3.05, 3.63) is 76.3 Å². The fourth-order valence-corrected chi connectivity index (χ4v) is 5.26. The standard InChI is InChI=1S/C28H30ClN3O4/c1-19-16-21(29)8-9-25(19)36-18-22(33)17-31-12-10-30(11-13-31)14-15-32-27(34)23-6-2-4-20-5-3-7-24(26(20)23)28(32)35/h2-9,16,22,33H,10-15,17-18H2,1H3/t22-/m1/s1. The van der Waals surface area contributed by atoms with E-state index in [1.54, 1.807) is 18.2 Å². The molecule has 0 aliphatic carbocycles. The number of imide groups is 1. The first-order valence-electron chi connectivity index (χ1n) is 12.3. The fraction of sp³-hybridized carbons (Fsp3) is 0.357. The van der Waals surface area contributed by atoms with Crippen molar-refractivity contribution >= 4 is 34.2 Å². The topological polar surface area (TPSA) is 73.3 Å². The molecule has 1 N–H and O–H groups in total. The van der Waals surface area contributed by atoms with Crippen LogP contribution in [0.3, 0.4) is 0 Å². The summed E-state index contributed by atoms with van der Waals surface area (Å²) in [6, 6.07) is 16.6. The van der Waals surface area contributed by atoms with Gasteiger partial charge in [0.25, 0.3) is 11.8 Å². The number of carbonyl (C=O) groups excluding carboxylic acids is 2. The van der Waals surface area contributed by atoms with Gasteiger partial charge in [0.15, 0.2) is 0 Å². The van der Waals surface area contributed by atoms with Crippen LogP contribution in [0.5, 0.6) is 5.75 Å². The van der Waals surface area contributed by atoms with Gasteiger partial charge >= 0.3 is 0 Å². The molecule has 1 saturated heterocycles. The Kier molecular flexibility index (Phi) is 7.25. The van der Waals surface area contributed by atoms with Crippen molar-refractivity contribution in [2.45, 2.75) is 13.0 Å². The molecule has 0 spiro atoms. The van der Waals surface area contributed by atoms with E-state index in [0.29, 0.717) is 35.8 Å². The van der Waals surface area contributed by atoms with E-state index in [-0.39, 0.29) is 18.4 Å². The van der Waals surface area contributed by atoms with Gasteiger partial charge in [-0.15, -0.1) is 0 Å². The Morgan fingerprint density at radius 3 is 2.19 bits per heavy atom. The molecule has 1 fully saturated rings. The smallest absolute Gasteiger partial charge is 0.261 e. The molecule has 0 saturated carbocycles. The number of ether oxygens (including phenoxy) is 1. The molecule has 2 heterocycles. The number of carbonyl (C=O) groups is 2. The Morgan fingerprint density at radius 1 is 0.917 bits per heavy atom. The van der Waals surface area contributed by atoms with E-state index in [4.69, 9.17) is 16.3 Å². The number of piperazine rings is 1. The lowest BCUT2D eigenvalue weighted by atomic mass is 9.94. The summed E-state index contributed by atoms with van der Waals surface area (Å²) in [6.45, 7) is 6.91. The van der Waals surface area contributed by atoms with Crippen LogP contribution in [0, 0.1) is 6.92 Å². The quantitative estimate of drug-likeness (QED) is 0.471. The number of aryl methyl sites for hydroxylation is 1. The average Bonchev–Trinajstić information content (AvgIpc) is 2.87. The van der Waals surface area contributed by atoms with Gasteiger partial charge in [0.2, 0.25) is 0 Å². The first-order chi connectivity index (χ1) is 17.4. The summed E-state index contributed by atoms with van der Waals surface area (Å²) in [7, 11) is 0.